The van der Waals surface area contributed by atoms with E-state index in [-0.39, 0.29) is 0 Å². The standard InChI is InChI=1S/C7H12NO2P/c1-3-10-11(2,9)7(6-8)4-5-7/h3-5H2,1-2H3. The van der Waals surface area contributed by atoms with Crippen LogP contribution in [-0.2, 0) is 9.09 Å². The summed E-state index contributed by atoms with van der Waals surface area (Å²) in [5.74, 6) is 0. The second-order valence-electron chi connectivity index (χ2n) is 2.91. The molecule has 1 aliphatic rings. The van der Waals surface area contributed by atoms with Gasteiger partial charge in [0.25, 0.3) is 0 Å². The molecule has 0 saturated heterocycles. The lowest BCUT2D eigenvalue weighted by Crippen LogP contribution is -2.07. The smallest absolute Gasteiger partial charge is 0.219 e. The molecule has 1 unspecified atom stereocenters. The van der Waals surface area contributed by atoms with Crippen LogP contribution in [0.2, 0.25) is 0 Å². The maximum atomic E-state index is 11.7. The van der Waals surface area contributed by atoms with E-state index in [1.54, 1.807) is 13.6 Å². The summed E-state index contributed by atoms with van der Waals surface area (Å²) in [6, 6.07) is 2.09. The predicted octanol–water partition coefficient (Wildman–Crippen LogP) is 1.99. The van der Waals surface area contributed by atoms with Crippen LogP contribution in [0.15, 0.2) is 0 Å². The zero-order chi connectivity index (χ0) is 8.54. The Kier molecular flexibility index (Phi) is 2.09. The van der Waals surface area contributed by atoms with Crippen LogP contribution in [0.4, 0.5) is 0 Å². The molecule has 0 aromatic rings. The van der Waals surface area contributed by atoms with Crippen LogP contribution in [0.25, 0.3) is 0 Å². The minimum atomic E-state index is -2.65. The summed E-state index contributed by atoms with van der Waals surface area (Å²) in [6.45, 7) is 3.79. The third-order valence-corrected chi connectivity index (χ3v) is 4.94. The highest BCUT2D eigenvalue weighted by molar-refractivity contribution is 7.60. The maximum Gasteiger partial charge on any atom is 0.219 e. The van der Waals surface area contributed by atoms with Gasteiger partial charge >= 0.3 is 0 Å². The van der Waals surface area contributed by atoms with Crippen LogP contribution < -0.4 is 0 Å². The van der Waals surface area contributed by atoms with E-state index in [1.165, 1.54) is 0 Å². The van der Waals surface area contributed by atoms with Crippen LogP contribution in [0.1, 0.15) is 19.8 Å². The van der Waals surface area contributed by atoms with E-state index < -0.39 is 12.5 Å². The largest absolute Gasteiger partial charge is 0.328 e. The first-order valence-electron chi connectivity index (χ1n) is 3.71. The molecule has 1 rings (SSSR count). The van der Waals surface area contributed by atoms with Gasteiger partial charge in [0.15, 0.2) is 0 Å². The Morgan fingerprint density at radius 2 is 2.27 bits per heavy atom. The van der Waals surface area contributed by atoms with Gasteiger partial charge < -0.3 is 4.52 Å². The molecule has 0 aromatic heterocycles. The highest BCUT2D eigenvalue weighted by Crippen LogP contribution is 2.67. The highest BCUT2D eigenvalue weighted by atomic mass is 31.2. The van der Waals surface area contributed by atoms with Crippen molar-refractivity contribution >= 4 is 7.37 Å². The van der Waals surface area contributed by atoms with Gasteiger partial charge in [0.05, 0.1) is 12.7 Å². The molecule has 0 amide bonds. The zero-order valence-electron chi connectivity index (χ0n) is 6.83. The van der Waals surface area contributed by atoms with Gasteiger partial charge in [0, 0.05) is 6.66 Å². The molecule has 0 radical (unpaired) electrons. The van der Waals surface area contributed by atoms with Gasteiger partial charge in [-0.25, -0.2) is 0 Å². The average Bonchev–Trinajstić information content (AvgIpc) is 2.66. The van der Waals surface area contributed by atoms with Crippen LogP contribution in [0.3, 0.4) is 0 Å². The lowest BCUT2D eigenvalue weighted by molar-refractivity contribution is 0.332. The molecule has 11 heavy (non-hydrogen) atoms. The van der Waals surface area contributed by atoms with Crippen molar-refractivity contribution in [3.05, 3.63) is 0 Å². The Morgan fingerprint density at radius 1 is 1.73 bits per heavy atom. The molecule has 1 saturated carbocycles. The first-order chi connectivity index (χ1) is 5.08. The van der Waals surface area contributed by atoms with Crippen molar-refractivity contribution < 1.29 is 9.09 Å². The molecule has 1 atom stereocenters. The third kappa shape index (κ3) is 1.34. The topological polar surface area (TPSA) is 50.1 Å². The van der Waals surface area contributed by atoms with Gasteiger partial charge in [-0.1, -0.05) is 0 Å². The van der Waals surface area contributed by atoms with Crippen molar-refractivity contribution in [2.24, 2.45) is 0 Å². The summed E-state index contributed by atoms with van der Waals surface area (Å²) in [4.78, 5) is 0. The molecule has 4 heteroatoms. The number of rotatable bonds is 3. The van der Waals surface area contributed by atoms with E-state index in [4.69, 9.17) is 9.79 Å². The fourth-order valence-corrected chi connectivity index (χ4v) is 2.94. The summed E-state index contributed by atoms with van der Waals surface area (Å²) in [6.07, 6.45) is 1.47. The minimum absolute atomic E-state index is 0.428. The zero-order valence-corrected chi connectivity index (χ0v) is 7.73. The molecule has 0 heterocycles. The summed E-state index contributed by atoms with van der Waals surface area (Å²) in [5.41, 5.74) is 0. The Labute approximate surface area is 66.8 Å². The second-order valence-corrected chi connectivity index (χ2v) is 5.71. The molecule has 0 N–H and O–H groups in total. The second kappa shape index (κ2) is 2.62. The molecular weight excluding hydrogens is 161 g/mol. The van der Waals surface area contributed by atoms with Gasteiger partial charge in [0.1, 0.15) is 5.16 Å². The summed E-state index contributed by atoms with van der Waals surface area (Å²) >= 11 is 0. The van der Waals surface area contributed by atoms with Gasteiger partial charge in [-0.2, -0.15) is 5.26 Å². The van der Waals surface area contributed by atoms with E-state index in [1.807, 2.05) is 0 Å². The van der Waals surface area contributed by atoms with Crippen molar-refractivity contribution in [1.29, 1.82) is 5.26 Å². The van der Waals surface area contributed by atoms with Crippen molar-refractivity contribution in [3.8, 4) is 6.07 Å². The van der Waals surface area contributed by atoms with Crippen molar-refractivity contribution in [3.63, 3.8) is 0 Å². The summed E-state index contributed by atoms with van der Waals surface area (Å²) in [5, 5.41) is 8.09. The Balaban J connectivity index is 2.74. The Hall–Kier alpha value is -0.320. The SMILES string of the molecule is CCOP(C)(=O)C1(C#N)CC1. The molecule has 0 aromatic carbocycles. The number of hydrogen-bond donors (Lipinski definition) is 0. The van der Waals surface area contributed by atoms with E-state index in [0.29, 0.717) is 6.61 Å². The molecular formula is C7H12NO2P. The molecule has 62 valence electrons. The fourth-order valence-electron chi connectivity index (χ4n) is 1.10. The molecule has 0 aliphatic heterocycles. The van der Waals surface area contributed by atoms with E-state index >= 15 is 0 Å². The van der Waals surface area contributed by atoms with E-state index in [9.17, 15) is 4.57 Å². The van der Waals surface area contributed by atoms with Crippen molar-refractivity contribution in [2.45, 2.75) is 24.9 Å². The monoisotopic (exact) mass is 173 g/mol. The molecule has 1 aliphatic carbocycles. The Bertz CT molecular complexity index is 239. The summed E-state index contributed by atoms with van der Waals surface area (Å²) in [7, 11) is -2.65. The molecule has 0 bridgehead atoms. The van der Waals surface area contributed by atoms with Crippen molar-refractivity contribution in [2.75, 3.05) is 13.3 Å². The van der Waals surface area contributed by atoms with Gasteiger partial charge in [-0.15, -0.1) is 0 Å². The van der Waals surface area contributed by atoms with Gasteiger partial charge in [-0.3, -0.25) is 4.57 Å². The first kappa shape index (κ1) is 8.77. The normalized spacial score (nSPS) is 25.2. The predicted molar refractivity (Wildman–Crippen MR) is 42.7 cm³/mol. The molecule has 0 spiro atoms. The van der Waals surface area contributed by atoms with Gasteiger partial charge in [-0.05, 0) is 19.8 Å². The van der Waals surface area contributed by atoms with Crippen molar-refractivity contribution in [1.82, 2.24) is 0 Å². The summed E-state index contributed by atoms with van der Waals surface area (Å²) < 4.78 is 16.8. The molecule has 3 nitrogen and oxygen atoms in total. The Morgan fingerprint density at radius 3 is 2.55 bits per heavy atom. The van der Waals surface area contributed by atoms with Crippen LogP contribution >= 0.6 is 7.37 Å². The van der Waals surface area contributed by atoms with E-state index in [2.05, 4.69) is 6.07 Å². The quantitative estimate of drug-likeness (QED) is 0.613. The minimum Gasteiger partial charge on any atom is -0.328 e. The third-order valence-electron chi connectivity index (χ3n) is 2.08. The first-order valence-corrected chi connectivity index (χ1v) is 5.78. The van der Waals surface area contributed by atoms with Crippen LogP contribution in [-0.4, -0.2) is 18.4 Å². The maximum absolute atomic E-state index is 11.7. The molecule has 1 fully saturated rings. The van der Waals surface area contributed by atoms with Gasteiger partial charge in [0.2, 0.25) is 7.37 Å². The number of nitrogens with zero attached hydrogens (tertiary/aromatic N) is 1. The van der Waals surface area contributed by atoms with E-state index in [0.717, 1.165) is 12.8 Å². The van der Waals surface area contributed by atoms with Crippen LogP contribution in [0.5, 0.6) is 0 Å². The highest BCUT2D eigenvalue weighted by Gasteiger charge is 2.56. The number of nitriles is 1. The number of hydrogen-bond acceptors (Lipinski definition) is 3. The van der Waals surface area contributed by atoms with Crippen LogP contribution in [0, 0.1) is 11.3 Å². The average molecular weight is 173 g/mol. The lowest BCUT2D eigenvalue weighted by Gasteiger charge is -2.16. The fraction of sp³-hybridized carbons (Fsp3) is 0.857. The lowest BCUT2D eigenvalue weighted by atomic mass is 10.5.